The molecule has 206 valence electrons. The van der Waals surface area contributed by atoms with Gasteiger partial charge in [0.15, 0.2) is 0 Å². The number of hydrogen-bond acceptors (Lipinski definition) is 7. The van der Waals surface area contributed by atoms with Gasteiger partial charge in [-0.05, 0) is 72.6 Å². The van der Waals surface area contributed by atoms with E-state index >= 15 is 0 Å². The number of aliphatic hydroxyl groups is 1. The number of ketones is 1. The van der Waals surface area contributed by atoms with Crippen LogP contribution in [0.5, 0.6) is 23.0 Å². The zero-order chi connectivity index (χ0) is 28.4. The van der Waals surface area contributed by atoms with Crippen molar-refractivity contribution in [3.63, 3.8) is 0 Å². The third-order valence-electron chi connectivity index (χ3n) is 7.23. The van der Waals surface area contributed by atoms with Crippen LogP contribution >= 0.6 is 0 Å². The van der Waals surface area contributed by atoms with Gasteiger partial charge in [-0.15, -0.1) is 0 Å². The summed E-state index contributed by atoms with van der Waals surface area (Å²) in [7, 11) is 6.20. The second-order valence-electron chi connectivity index (χ2n) is 9.30. The van der Waals surface area contributed by atoms with E-state index in [0.717, 1.165) is 22.2 Å². The number of Topliss-reactive ketones (excluding diaryl/α,β-unsaturated/α-hetero) is 1. The summed E-state index contributed by atoms with van der Waals surface area (Å²) in [5, 5.41) is 12.4. The first-order valence-electron chi connectivity index (χ1n) is 12.7. The molecule has 4 aromatic rings. The highest BCUT2D eigenvalue weighted by molar-refractivity contribution is 6.46. The van der Waals surface area contributed by atoms with Gasteiger partial charge < -0.3 is 33.9 Å². The van der Waals surface area contributed by atoms with E-state index < -0.39 is 17.7 Å². The minimum atomic E-state index is -0.910. The second kappa shape index (κ2) is 11.1. The number of hydrogen-bond donors (Lipinski definition) is 2. The van der Waals surface area contributed by atoms with E-state index in [4.69, 9.17) is 18.9 Å². The number of amides is 1. The van der Waals surface area contributed by atoms with E-state index in [9.17, 15) is 14.7 Å². The maximum absolute atomic E-state index is 13.5. The number of aromatic nitrogens is 1. The highest BCUT2D eigenvalue weighted by Crippen LogP contribution is 2.44. The van der Waals surface area contributed by atoms with Crippen LogP contribution in [-0.2, 0) is 16.0 Å². The molecular formula is C31H30N2O7. The normalized spacial score (nSPS) is 16.4. The van der Waals surface area contributed by atoms with Gasteiger partial charge in [-0.2, -0.15) is 0 Å². The molecule has 2 N–H and O–H groups in total. The Bertz CT molecular complexity index is 1600. The van der Waals surface area contributed by atoms with Crippen molar-refractivity contribution in [2.45, 2.75) is 12.5 Å². The number of benzene rings is 3. The van der Waals surface area contributed by atoms with Crippen molar-refractivity contribution in [2.75, 3.05) is 35.0 Å². The molecule has 1 fully saturated rings. The fraction of sp³-hybridized carbons (Fsp3) is 0.226. The summed E-state index contributed by atoms with van der Waals surface area (Å²) in [5.74, 6) is 0.527. The lowest BCUT2D eigenvalue weighted by Crippen LogP contribution is -2.31. The van der Waals surface area contributed by atoms with Crippen LogP contribution in [0.1, 0.15) is 22.7 Å². The zero-order valence-electron chi connectivity index (χ0n) is 22.7. The summed E-state index contributed by atoms with van der Waals surface area (Å²) in [6, 6.07) is 16.6. The SMILES string of the molecule is COc1ccc(/C(O)=C2/C(=O)C(=O)N(CCc3c[nH]c4ccc(OC)cc34)C2c2cc(OC)ccc2OC)cc1. The lowest BCUT2D eigenvalue weighted by atomic mass is 9.94. The quantitative estimate of drug-likeness (QED) is 0.176. The fourth-order valence-electron chi connectivity index (χ4n) is 5.12. The van der Waals surface area contributed by atoms with Crippen molar-refractivity contribution in [1.29, 1.82) is 0 Å². The Balaban J connectivity index is 1.61. The van der Waals surface area contributed by atoms with E-state index in [0.29, 0.717) is 34.8 Å². The summed E-state index contributed by atoms with van der Waals surface area (Å²) in [6.45, 7) is 0.207. The second-order valence-corrected chi connectivity index (χ2v) is 9.30. The molecule has 1 saturated heterocycles. The molecule has 0 saturated carbocycles. The van der Waals surface area contributed by atoms with Gasteiger partial charge in [-0.3, -0.25) is 9.59 Å². The average molecular weight is 543 g/mol. The standard InChI is InChI=1S/C31H30N2O7/c1-37-20-7-5-18(6-8-20)29(34)27-28(24-16-22(39-3)10-12-26(24)40-4)33(31(36)30(27)35)14-13-19-17-32-25-11-9-21(38-2)15-23(19)25/h5-12,15-17,28,32,34H,13-14H2,1-4H3/b29-27-. The summed E-state index contributed by atoms with van der Waals surface area (Å²) < 4.78 is 21.7. The molecule has 1 unspecified atom stereocenters. The van der Waals surface area contributed by atoms with E-state index in [1.807, 2.05) is 24.4 Å². The van der Waals surface area contributed by atoms with E-state index in [1.165, 1.54) is 19.1 Å². The number of aromatic amines is 1. The third-order valence-corrected chi connectivity index (χ3v) is 7.23. The topological polar surface area (TPSA) is 110 Å². The van der Waals surface area contributed by atoms with Gasteiger partial charge in [0.1, 0.15) is 28.8 Å². The van der Waals surface area contributed by atoms with Crippen LogP contribution in [0.25, 0.3) is 16.7 Å². The van der Waals surface area contributed by atoms with Gasteiger partial charge in [0.2, 0.25) is 0 Å². The van der Waals surface area contributed by atoms with Crippen molar-refractivity contribution >= 4 is 28.4 Å². The first kappa shape index (κ1) is 26.7. The number of ether oxygens (including phenoxy) is 4. The molecule has 5 rings (SSSR count). The molecule has 9 nitrogen and oxygen atoms in total. The van der Waals surface area contributed by atoms with Gasteiger partial charge in [-0.25, -0.2) is 0 Å². The Morgan fingerprint density at radius 2 is 1.50 bits per heavy atom. The Kier molecular flexibility index (Phi) is 7.37. The molecule has 3 aromatic carbocycles. The van der Waals surface area contributed by atoms with Crippen LogP contribution in [0, 0.1) is 0 Å². The van der Waals surface area contributed by atoms with Gasteiger partial charge in [-0.1, -0.05) is 0 Å². The molecule has 1 atom stereocenters. The minimum Gasteiger partial charge on any atom is -0.507 e. The smallest absolute Gasteiger partial charge is 0.295 e. The number of nitrogens with zero attached hydrogens (tertiary/aromatic N) is 1. The van der Waals surface area contributed by atoms with Gasteiger partial charge >= 0.3 is 0 Å². The molecular weight excluding hydrogens is 512 g/mol. The Morgan fingerprint density at radius 1 is 0.850 bits per heavy atom. The Labute approximate surface area is 231 Å². The summed E-state index contributed by atoms with van der Waals surface area (Å²) in [4.78, 5) is 31.8. The maximum Gasteiger partial charge on any atom is 0.295 e. The summed E-state index contributed by atoms with van der Waals surface area (Å²) >= 11 is 0. The molecule has 1 aliphatic heterocycles. The number of likely N-dealkylation sites (tertiary alicyclic amines) is 1. The van der Waals surface area contributed by atoms with Crippen LogP contribution in [0.3, 0.4) is 0 Å². The summed E-state index contributed by atoms with van der Waals surface area (Å²) in [5.41, 5.74) is 2.78. The highest BCUT2D eigenvalue weighted by atomic mass is 16.5. The molecule has 0 bridgehead atoms. The lowest BCUT2D eigenvalue weighted by Gasteiger charge is -2.27. The highest BCUT2D eigenvalue weighted by Gasteiger charge is 2.47. The van der Waals surface area contributed by atoms with Crippen LogP contribution < -0.4 is 18.9 Å². The van der Waals surface area contributed by atoms with E-state index in [2.05, 4.69) is 4.98 Å². The minimum absolute atomic E-state index is 0.0256. The number of H-pyrrole nitrogens is 1. The predicted octanol–water partition coefficient (Wildman–Crippen LogP) is 4.87. The molecule has 9 heteroatoms. The van der Waals surface area contributed by atoms with Crippen molar-refractivity contribution in [3.8, 4) is 23.0 Å². The Hall–Kier alpha value is -4.92. The van der Waals surface area contributed by atoms with Gasteiger partial charge in [0, 0.05) is 34.8 Å². The largest absolute Gasteiger partial charge is 0.507 e. The van der Waals surface area contributed by atoms with Crippen LogP contribution in [-0.4, -0.2) is 61.7 Å². The molecule has 2 heterocycles. The fourth-order valence-corrected chi connectivity index (χ4v) is 5.12. The molecule has 0 aliphatic carbocycles. The van der Waals surface area contributed by atoms with Crippen molar-refractivity contribution in [1.82, 2.24) is 9.88 Å². The molecule has 0 spiro atoms. The predicted molar refractivity (Wildman–Crippen MR) is 150 cm³/mol. The molecule has 40 heavy (non-hydrogen) atoms. The maximum atomic E-state index is 13.5. The van der Waals surface area contributed by atoms with Crippen molar-refractivity contribution in [3.05, 3.63) is 89.1 Å². The number of carbonyl (C=O) groups excluding carboxylic acids is 2. The molecule has 1 amide bonds. The third kappa shape index (κ3) is 4.70. The molecule has 1 aliphatic rings. The number of rotatable bonds is 9. The van der Waals surface area contributed by atoms with Crippen molar-refractivity contribution < 1.29 is 33.6 Å². The van der Waals surface area contributed by atoms with Crippen LogP contribution in [0.2, 0.25) is 0 Å². The first-order chi connectivity index (χ1) is 19.4. The van der Waals surface area contributed by atoms with E-state index in [-0.39, 0.29) is 17.9 Å². The first-order valence-corrected chi connectivity index (χ1v) is 12.7. The van der Waals surface area contributed by atoms with Gasteiger partial charge in [0.05, 0.1) is 40.1 Å². The number of methoxy groups -OCH3 is 4. The van der Waals surface area contributed by atoms with E-state index in [1.54, 1.807) is 56.7 Å². The molecule has 0 radical (unpaired) electrons. The number of nitrogens with one attached hydrogen (secondary N) is 1. The average Bonchev–Trinajstić information content (AvgIpc) is 3.52. The monoisotopic (exact) mass is 542 g/mol. The zero-order valence-corrected chi connectivity index (χ0v) is 22.7. The number of fused-ring (bicyclic) bond motifs is 1. The molecule has 1 aromatic heterocycles. The van der Waals surface area contributed by atoms with Gasteiger partial charge in [0.25, 0.3) is 11.7 Å². The number of carbonyl (C=O) groups is 2. The van der Waals surface area contributed by atoms with Crippen LogP contribution in [0.4, 0.5) is 0 Å². The number of aliphatic hydroxyl groups excluding tert-OH is 1. The lowest BCUT2D eigenvalue weighted by molar-refractivity contribution is -0.139. The summed E-state index contributed by atoms with van der Waals surface area (Å²) in [6.07, 6.45) is 2.34. The Morgan fingerprint density at radius 3 is 2.17 bits per heavy atom. The van der Waals surface area contributed by atoms with Crippen molar-refractivity contribution in [2.24, 2.45) is 0 Å². The van der Waals surface area contributed by atoms with Crippen LogP contribution in [0.15, 0.2) is 72.4 Å².